The highest BCUT2D eigenvalue weighted by Crippen LogP contribution is 2.35. The minimum absolute atomic E-state index is 0.00148. The summed E-state index contributed by atoms with van der Waals surface area (Å²) >= 11 is 6.91. The van der Waals surface area contributed by atoms with Crippen molar-refractivity contribution in [1.82, 2.24) is 9.55 Å². The Bertz CT molecular complexity index is 905. The summed E-state index contributed by atoms with van der Waals surface area (Å²) in [6.07, 6.45) is 5.07. The smallest absolute Gasteiger partial charge is 0.306 e. The van der Waals surface area contributed by atoms with Gasteiger partial charge in [0.15, 0.2) is 0 Å². The van der Waals surface area contributed by atoms with E-state index in [4.69, 9.17) is 14.6 Å². The van der Waals surface area contributed by atoms with Crippen molar-refractivity contribution in [3.05, 3.63) is 20.6 Å². The normalized spacial score (nSPS) is 28.3. The summed E-state index contributed by atoms with van der Waals surface area (Å²) in [6, 6.07) is 0. The molecule has 3 rings (SSSR count). The van der Waals surface area contributed by atoms with Crippen molar-refractivity contribution in [2.75, 3.05) is 7.11 Å². The number of nitrogens with zero attached hydrogens (tertiary/aromatic N) is 2. The topological polar surface area (TPSA) is 114 Å². The zero-order valence-electron chi connectivity index (χ0n) is 25.2. The van der Waals surface area contributed by atoms with Crippen LogP contribution in [0.2, 0.25) is 0 Å². The Hall–Kier alpha value is -1.07. The number of Topliss-reactive ketones (excluding diaryl/α,β-unsaturated/α-hetero) is 1. The lowest BCUT2D eigenvalue weighted by molar-refractivity contribution is -0.148. The van der Waals surface area contributed by atoms with Crippen LogP contribution in [0.15, 0.2) is 14.8 Å². The molecule has 0 aliphatic carbocycles. The molecule has 8 nitrogen and oxygen atoms in total. The van der Waals surface area contributed by atoms with E-state index in [0.29, 0.717) is 17.4 Å². The van der Waals surface area contributed by atoms with Crippen molar-refractivity contribution >= 4 is 49.7 Å². The van der Waals surface area contributed by atoms with Crippen molar-refractivity contribution in [3.8, 4) is 0 Å². The SMILES string of the molecule is C/C(=C\c1nc(Br)c(Br)n1C)C1CC2OC2CCC[C@H](C)C(O)CC(=O)C(C)CCC(=O)O1.CC.CC.CO. The molecule has 2 aliphatic rings. The molecule has 39 heavy (non-hydrogen) atoms. The van der Waals surface area contributed by atoms with E-state index < -0.39 is 12.2 Å². The molecule has 10 heteroatoms. The number of epoxide rings is 1. The molecular weight excluding hydrogens is 632 g/mol. The van der Waals surface area contributed by atoms with Crippen LogP contribution in [-0.2, 0) is 26.1 Å². The van der Waals surface area contributed by atoms with Crippen LogP contribution in [0, 0.1) is 11.8 Å². The minimum Gasteiger partial charge on any atom is -0.458 e. The maximum atomic E-state index is 12.7. The number of aromatic nitrogens is 2. The second-order valence-corrected chi connectivity index (χ2v) is 11.0. The summed E-state index contributed by atoms with van der Waals surface area (Å²) in [5.74, 6) is 0.187. The molecule has 0 bridgehead atoms. The molecule has 5 unspecified atom stereocenters. The van der Waals surface area contributed by atoms with Crippen LogP contribution < -0.4 is 0 Å². The van der Waals surface area contributed by atoms with Crippen LogP contribution in [0.4, 0.5) is 0 Å². The van der Waals surface area contributed by atoms with Gasteiger partial charge in [0.25, 0.3) is 0 Å². The number of carbonyl (C=O) groups excluding carboxylic acids is 2. The molecule has 2 aliphatic heterocycles. The third kappa shape index (κ3) is 12.5. The lowest BCUT2D eigenvalue weighted by Crippen LogP contribution is -2.26. The standard InChI is InChI=1S/C24H34Br2N2O5.2C2H6.CH4O/c1-13-6-5-7-18-20(32-18)12-19(15(3)10-21-27-23(25)24(26)28(21)4)33-22(31)9-8-14(2)17(30)11-16(13)29;3*1-2/h10,13-14,16,18-20,29H,5-9,11-12H2,1-4H3;2*1-2H3;2H,1H3/b15-10+;;;/t13-,14?,16?,18?,19?,20?;;;/m0.../s1. The second-order valence-electron chi connectivity index (χ2n) is 9.51. The quantitative estimate of drug-likeness (QED) is 0.266. The zero-order valence-corrected chi connectivity index (χ0v) is 28.3. The molecular formula is C29H50Br2N2O6. The second kappa shape index (κ2) is 19.9. The van der Waals surface area contributed by atoms with Gasteiger partial charge in [-0.1, -0.05) is 48.0 Å². The first-order valence-electron chi connectivity index (χ1n) is 14.1. The molecule has 0 aromatic carbocycles. The first-order chi connectivity index (χ1) is 18.6. The molecule has 0 amide bonds. The van der Waals surface area contributed by atoms with E-state index in [9.17, 15) is 14.7 Å². The van der Waals surface area contributed by atoms with Crippen molar-refractivity contribution < 1.29 is 29.3 Å². The largest absolute Gasteiger partial charge is 0.458 e. The number of esters is 1. The summed E-state index contributed by atoms with van der Waals surface area (Å²) in [5.41, 5.74) is 0.896. The fraction of sp³-hybridized carbons (Fsp3) is 0.759. The number of aliphatic hydroxyl groups is 2. The van der Waals surface area contributed by atoms with Crippen molar-refractivity contribution in [1.29, 1.82) is 0 Å². The van der Waals surface area contributed by atoms with E-state index in [1.807, 2.05) is 66.2 Å². The third-order valence-corrected chi connectivity index (χ3v) is 8.83. The van der Waals surface area contributed by atoms with E-state index in [2.05, 4.69) is 36.8 Å². The Morgan fingerprint density at radius 2 is 1.67 bits per heavy atom. The lowest BCUT2D eigenvalue weighted by atomic mass is 9.89. The Morgan fingerprint density at radius 3 is 2.23 bits per heavy atom. The number of aliphatic hydroxyl groups excluding tert-OH is 2. The number of carbonyl (C=O) groups is 2. The minimum atomic E-state index is -0.640. The molecule has 1 aromatic rings. The van der Waals surface area contributed by atoms with Gasteiger partial charge in [0.2, 0.25) is 0 Å². The van der Waals surface area contributed by atoms with Crippen molar-refractivity contribution in [2.24, 2.45) is 18.9 Å². The fourth-order valence-corrected chi connectivity index (χ4v) is 4.94. The number of cyclic esters (lactones) is 1. The van der Waals surface area contributed by atoms with Gasteiger partial charge in [-0.05, 0) is 75.6 Å². The highest BCUT2D eigenvalue weighted by atomic mass is 79.9. The molecule has 226 valence electrons. The van der Waals surface area contributed by atoms with Gasteiger partial charge in [-0.2, -0.15) is 0 Å². The number of halogens is 2. The molecule has 2 fully saturated rings. The number of imidazole rings is 1. The molecule has 0 saturated carbocycles. The number of hydrogen-bond donors (Lipinski definition) is 2. The molecule has 2 N–H and O–H groups in total. The summed E-state index contributed by atoms with van der Waals surface area (Å²) < 4.78 is 15.2. The van der Waals surface area contributed by atoms with E-state index in [1.54, 1.807) is 0 Å². The highest BCUT2D eigenvalue weighted by Gasteiger charge is 2.41. The van der Waals surface area contributed by atoms with Crippen LogP contribution in [0.1, 0.15) is 99.2 Å². The van der Waals surface area contributed by atoms with E-state index in [-0.39, 0.29) is 48.6 Å². The average molecular weight is 683 g/mol. The summed E-state index contributed by atoms with van der Waals surface area (Å²) in [5, 5.41) is 17.4. The molecule has 1 aromatic heterocycles. The van der Waals surface area contributed by atoms with Crippen molar-refractivity contribution in [2.45, 2.75) is 118 Å². The zero-order chi connectivity index (χ0) is 30.3. The maximum Gasteiger partial charge on any atom is 0.306 e. The number of ether oxygens (including phenoxy) is 2. The van der Waals surface area contributed by atoms with Gasteiger partial charge in [-0.3, -0.25) is 9.59 Å². The molecule has 2 saturated heterocycles. The maximum absolute atomic E-state index is 12.7. The molecule has 0 spiro atoms. The predicted molar refractivity (Wildman–Crippen MR) is 163 cm³/mol. The third-order valence-electron chi connectivity index (χ3n) is 6.84. The fourth-order valence-electron chi connectivity index (χ4n) is 4.22. The predicted octanol–water partition coefficient (Wildman–Crippen LogP) is 6.64. The summed E-state index contributed by atoms with van der Waals surface area (Å²) in [4.78, 5) is 29.7. The highest BCUT2D eigenvalue weighted by molar-refractivity contribution is 9.13. The monoisotopic (exact) mass is 680 g/mol. The van der Waals surface area contributed by atoms with Gasteiger partial charge in [0.05, 0.1) is 18.3 Å². The van der Waals surface area contributed by atoms with Gasteiger partial charge in [0, 0.05) is 39.3 Å². The summed E-state index contributed by atoms with van der Waals surface area (Å²) in [6.45, 7) is 13.8. The summed E-state index contributed by atoms with van der Waals surface area (Å²) in [7, 11) is 2.91. The lowest BCUT2D eigenvalue weighted by Gasteiger charge is -2.21. The van der Waals surface area contributed by atoms with Gasteiger partial charge in [-0.25, -0.2) is 4.98 Å². The van der Waals surface area contributed by atoms with Gasteiger partial charge in [0.1, 0.15) is 26.9 Å². The number of ketones is 1. The van der Waals surface area contributed by atoms with Crippen LogP contribution in [0.3, 0.4) is 0 Å². The van der Waals surface area contributed by atoms with E-state index in [0.717, 1.165) is 42.4 Å². The number of fused-ring (bicyclic) bond motifs is 1. The number of rotatable bonds is 2. The molecule has 0 radical (unpaired) electrons. The Balaban J connectivity index is 0.00000225. The van der Waals surface area contributed by atoms with Crippen molar-refractivity contribution in [3.63, 3.8) is 0 Å². The van der Waals surface area contributed by atoms with Crippen LogP contribution >= 0.6 is 31.9 Å². The van der Waals surface area contributed by atoms with Crippen LogP contribution in [-0.4, -0.2) is 63.0 Å². The molecule has 3 heterocycles. The Labute approximate surface area is 252 Å². The Morgan fingerprint density at radius 1 is 1.05 bits per heavy atom. The average Bonchev–Trinajstić information content (AvgIpc) is 3.64. The van der Waals surface area contributed by atoms with E-state index in [1.165, 1.54) is 0 Å². The first-order valence-corrected chi connectivity index (χ1v) is 15.7. The van der Waals surface area contributed by atoms with Gasteiger partial charge in [-0.15, -0.1) is 0 Å². The van der Waals surface area contributed by atoms with Gasteiger partial charge < -0.3 is 24.3 Å². The number of hydrogen-bond acceptors (Lipinski definition) is 7. The Kier molecular flexibility index (Phi) is 19.4. The molecule has 6 atom stereocenters. The first kappa shape index (κ1) is 37.9. The van der Waals surface area contributed by atoms with Crippen LogP contribution in [0.25, 0.3) is 6.08 Å². The van der Waals surface area contributed by atoms with Gasteiger partial charge >= 0.3 is 5.97 Å². The van der Waals surface area contributed by atoms with Crippen LogP contribution in [0.5, 0.6) is 0 Å². The van der Waals surface area contributed by atoms with E-state index >= 15 is 0 Å².